The van der Waals surface area contributed by atoms with E-state index in [1.807, 2.05) is 73.7 Å². The van der Waals surface area contributed by atoms with Crippen LogP contribution in [0.25, 0.3) is 0 Å². The molecule has 2 aromatic heterocycles. The number of carbonyl (C=O) groups is 4. The Morgan fingerprint density at radius 1 is 0.828 bits per heavy atom. The predicted molar refractivity (Wildman–Crippen MR) is 238 cm³/mol. The van der Waals surface area contributed by atoms with E-state index in [4.69, 9.17) is 18.3 Å². The lowest BCUT2D eigenvalue weighted by Gasteiger charge is -2.70. The van der Waals surface area contributed by atoms with E-state index in [-0.39, 0.29) is 64.2 Å². The standard InChI is InChI=1S/C53H62N2O9/c1-32(56)36-29-54-55(30-36)42-20-21-50(5)41(53(42,8)46(59)61-31-40-33(2)62-47(60)63-40)19-22-52(7)44(50)39(57)27-37-38-28-49(4,24-23-48(38,3)25-26-51(37,52)6)45(58)64-43(34-15-11-9-12-16-34)35-17-13-10-14-18-35/h9-18,27,29-30,38,41-44H,19-26,28,31H2,1-8H3/t38-,41+,42-,44+,48+,49-,50-,51+,52+,53-/m0/s1. The van der Waals surface area contributed by atoms with Gasteiger partial charge in [0, 0.05) is 12.1 Å². The molecule has 0 N–H and O–H groups in total. The zero-order valence-electron chi connectivity index (χ0n) is 38.5. The second-order valence-corrected chi connectivity index (χ2v) is 21.5. The Bertz CT molecular complexity index is 2550. The third-order valence-electron chi connectivity index (χ3n) is 18.1. The summed E-state index contributed by atoms with van der Waals surface area (Å²) in [4.78, 5) is 69.3. The summed E-state index contributed by atoms with van der Waals surface area (Å²) in [6, 6.07) is 19.4. The Balaban J connectivity index is 1.05. The lowest BCUT2D eigenvalue weighted by Crippen LogP contribution is -2.67. The molecule has 0 spiro atoms. The van der Waals surface area contributed by atoms with Crippen LogP contribution in [0.15, 0.2) is 98.3 Å². The molecule has 64 heavy (non-hydrogen) atoms. The van der Waals surface area contributed by atoms with Crippen LogP contribution in [0.2, 0.25) is 0 Å². The summed E-state index contributed by atoms with van der Waals surface area (Å²) in [5.74, 6) is -1.87. The largest absolute Gasteiger partial charge is 0.519 e. The van der Waals surface area contributed by atoms with Gasteiger partial charge >= 0.3 is 17.8 Å². The van der Waals surface area contributed by atoms with Gasteiger partial charge in [0.1, 0.15) is 0 Å². The fourth-order valence-corrected chi connectivity index (χ4v) is 14.0. The van der Waals surface area contributed by atoms with E-state index in [0.29, 0.717) is 44.1 Å². The highest BCUT2D eigenvalue weighted by molar-refractivity contribution is 5.96. The monoisotopic (exact) mass is 870 g/mol. The van der Waals surface area contributed by atoms with Crippen molar-refractivity contribution in [2.24, 2.45) is 50.2 Å². The van der Waals surface area contributed by atoms with E-state index in [0.717, 1.165) is 30.4 Å². The lowest BCUT2D eigenvalue weighted by molar-refractivity contribution is -0.209. The van der Waals surface area contributed by atoms with Crippen molar-refractivity contribution in [3.63, 3.8) is 0 Å². The zero-order chi connectivity index (χ0) is 45.6. The quantitative estimate of drug-likeness (QED) is 0.118. The van der Waals surface area contributed by atoms with Gasteiger partial charge in [0.15, 0.2) is 35.8 Å². The highest BCUT2D eigenvalue weighted by Gasteiger charge is 2.72. The molecule has 0 radical (unpaired) electrons. The van der Waals surface area contributed by atoms with Gasteiger partial charge < -0.3 is 18.3 Å². The molecule has 0 unspecified atom stereocenters. The SMILES string of the molecule is CC(=O)c1cnn([C@H]2CC[C@@]3(C)[C@@H](CC[C@]4(C)[C@@H]3C(=O)C=C3[C@@H]5C[C@@](C)(C(=O)OC(c6ccccc6)c6ccccc6)CC[C@]5(C)CC[C@]34C)[C@]2(C)C(=O)OCc2oc(=O)oc2C)c1. The minimum Gasteiger partial charge on any atom is -0.457 e. The Morgan fingerprint density at radius 3 is 2.09 bits per heavy atom. The first-order chi connectivity index (χ1) is 30.3. The number of hydrogen-bond donors (Lipinski definition) is 0. The predicted octanol–water partition coefficient (Wildman–Crippen LogP) is 10.5. The average Bonchev–Trinajstić information content (AvgIpc) is 3.89. The molecule has 4 aromatic rings. The van der Waals surface area contributed by atoms with Crippen LogP contribution in [-0.4, -0.2) is 33.3 Å². The minimum absolute atomic E-state index is 0.00870. The Kier molecular flexibility index (Phi) is 10.6. The molecule has 338 valence electrons. The van der Waals surface area contributed by atoms with E-state index in [1.165, 1.54) is 12.5 Å². The maximum atomic E-state index is 15.4. The molecule has 0 aliphatic heterocycles. The van der Waals surface area contributed by atoms with Gasteiger partial charge in [-0.05, 0) is 136 Å². The van der Waals surface area contributed by atoms with Gasteiger partial charge in [-0.3, -0.25) is 23.9 Å². The van der Waals surface area contributed by atoms with Crippen molar-refractivity contribution >= 4 is 23.5 Å². The van der Waals surface area contributed by atoms with Crippen molar-refractivity contribution in [3.8, 4) is 0 Å². The highest BCUT2D eigenvalue weighted by Crippen LogP contribution is 2.76. The van der Waals surface area contributed by atoms with Crippen molar-refractivity contribution in [3.05, 3.63) is 124 Å². The Hall–Kier alpha value is -5.32. The maximum absolute atomic E-state index is 15.4. The second kappa shape index (κ2) is 15.4. The summed E-state index contributed by atoms with van der Waals surface area (Å²) < 4.78 is 24.6. The number of aromatic nitrogens is 2. The van der Waals surface area contributed by atoms with Crippen LogP contribution in [0, 0.1) is 57.2 Å². The number of hydrogen-bond acceptors (Lipinski definition) is 10. The number of nitrogens with zero attached hydrogens (tertiary/aromatic N) is 2. The number of aryl methyl sites for hydroxylation is 1. The zero-order valence-corrected chi connectivity index (χ0v) is 38.5. The summed E-state index contributed by atoms with van der Waals surface area (Å²) in [7, 11) is 0. The van der Waals surface area contributed by atoms with Crippen molar-refractivity contribution in [1.82, 2.24) is 9.78 Å². The summed E-state index contributed by atoms with van der Waals surface area (Å²) in [6.45, 7) is 16.1. The molecule has 2 aromatic carbocycles. The van der Waals surface area contributed by atoms with E-state index < -0.39 is 45.6 Å². The number of carbonyl (C=O) groups excluding carboxylic acids is 4. The summed E-state index contributed by atoms with van der Waals surface area (Å²) in [5.41, 5.74) is 0.0629. The van der Waals surface area contributed by atoms with Crippen molar-refractivity contribution in [2.75, 3.05) is 0 Å². The number of ether oxygens (including phenoxy) is 2. The molecule has 0 amide bonds. The van der Waals surface area contributed by atoms with Crippen molar-refractivity contribution in [2.45, 2.75) is 132 Å². The second-order valence-electron chi connectivity index (χ2n) is 21.5. The molecular formula is C53H62N2O9. The van der Waals surface area contributed by atoms with E-state index in [1.54, 1.807) is 24.0 Å². The number of esters is 2. The van der Waals surface area contributed by atoms with Gasteiger partial charge in [0.25, 0.3) is 0 Å². The normalized spacial score (nSPS) is 35.6. The number of Topliss-reactive ketones (excluding diaryl/α,β-unsaturated/α-hetero) is 1. The summed E-state index contributed by atoms with van der Waals surface area (Å²) in [6.07, 6.45) is 11.3. The number of allylic oxidation sites excluding steroid dienone is 2. The van der Waals surface area contributed by atoms with E-state index in [9.17, 15) is 19.2 Å². The molecule has 11 heteroatoms. The maximum Gasteiger partial charge on any atom is 0.519 e. The van der Waals surface area contributed by atoms with Gasteiger partial charge in [0.2, 0.25) is 0 Å². The number of benzene rings is 2. The van der Waals surface area contributed by atoms with Crippen LogP contribution >= 0.6 is 0 Å². The van der Waals surface area contributed by atoms with E-state index in [2.05, 4.69) is 39.7 Å². The third-order valence-corrected chi connectivity index (χ3v) is 18.1. The molecule has 5 aliphatic carbocycles. The molecule has 0 bridgehead atoms. The molecule has 4 saturated carbocycles. The molecule has 5 aliphatic rings. The van der Waals surface area contributed by atoms with Crippen molar-refractivity contribution in [1.29, 1.82) is 0 Å². The number of ketones is 2. The Labute approximate surface area is 375 Å². The highest BCUT2D eigenvalue weighted by atomic mass is 16.6. The molecule has 2 heterocycles. The van der Waals surface area contributed by atoms with Gasteiger partial charge in [-0.2, -0.15) is 5.10 Å². The fraction of sp³-hybridized carbons (Fsp3) is 0.547. The third kappa shape index (κ3) is 6.64. The number of rotatable bonds is 9. The fourth-order valence-electron chi connectivity index (χ4n) is 14.0. The van der Waals surface area contributed by atoms with Crippen LogP contribution in [0.5, 0.6) is 0 Å². The molecule has 0 saturated heterocycles. The van der Waals surface area contributed by atoms with Gasteiger partial charge in [-0.15, -0.1) is 0 Å². The summed E-state index contributed by atoms with van der Waals surface area (Å²) >= 11 is 0. The van der Waals surface area contributed by atoms with E-state index >= 15 is 4.79 Å². The molecule has 4 fully saturated rings. The van der Waals surface area contributed by atoms with Crippen molar-refractivity contribution < 1.29 is 37.5 Å². The van der Waals surface area contributed by atoms with Gasteiger partial charge in [-0.25, -0.2) is 4.79 Å². The summed E-state index contributed by atoms with van der Waals surface area (Å²) in [5, 5.41) is 4.63. The first kappa shape index (κ1) is 43.9. The molecule has 10 atom stereocenters. The van der Waals surface area contributed by atoms with Crippen LogP contribution in [0.3, 0.4) is 0 Å². The van der Waals surface area contributed by atoms with Crippen LogP contribution in [0.4, 0.5) is 0 Å². The molecule has 9 rings (SSSR count). The Morgan fingerprint density at radius 2 is 1.48 bits per heavy atom. The van der Waals surface area contributed by atoms with Crippen LogP contribution in [-0.2, 0) is 30.5 Å². The lowest BCUT2D eigenvalue weighted by atomic mass is 9.33. The molecular weight excluding hydrogens is 809 g/mol. The minimum atomic E-state index is -1.18. The van der Waals surface area contributed by atoms with Gasteiger partial charge in [-0.1, -0.05) is 93.9 Å². The van der Waals surface area contributed by atoms with Crippen LogP contribution in [0.1, 0.15) is 151 Å². The van der Waals surface area contributed by atoms with Crippen LogP contribution < -0.4 is 5.82 Å². The first-order valence-corrected chi connectivity index (χ1v) is 23.2. The molecule has 11 nitrogen and oxygen atoms in total. The van der Waals surface area contributed by atoms with Gasteiger partial charge in [0.05, 0.1) is 28.6 Å². The average molecular weight is 871 g/mol. The smallest absolute Gasteiger partial charge is 0.457 e. The number of fused-ring (bicyclic) bond motifs is 7. The topological polar surface area (TPSA) is 148 Å². The first-order valence-electron chi connectivity index (χ1n) is 23.2.